The third-order valence-electron chi connectivity index (χ3n) is 3.47. The normalized spacial score (nSPS) is 12.0. The average Bonchev–Trinajstić information content (AvgIpc) is 2.38. The molecule has 2 N–H and O–H groups in total. The fraction of sp³-hybridized carbons (Fsp3) is 0.571. The van der Waals surface area contributed by atoms with Crippen molar-refractivity contribution in [1.82, 2.24) is 0 Å². The first-order chi connectivity index (χ1) is 8.85. The van der Waals surface area contributed by atoms with Gasteiger partial charge in [-0.05, 0) is 30.5 Å². The molecule has 108 valence electrons. The van der Waals surface area contributed by atoms with Crippen LogP contribution in [-0.4, -0.2) is 13.1 Å². The van der Waals surface area contributed by atoms with Gasteiger partial charge in [-0.2, -0.15) is 13.2 Å². The SMILES string of the molecule is CCC(CC)N(C)c1ccc(CN)cc1C(F)(F)F. The number of anilines is 1. The van der Waals surface area contributed by atoms with Gasteiger partial charge >= 0.3 is 6.18 Å². The minimum Gasteiger partial charge on any atom is -0.371 e. The Morgan fingerprint density at radius 1 is 1.21 bits per heavy atom. The third-order valence-corrected chi connectivity index (χ3v) is 3.47. The van der Waals surface area contributed by atoms with Crippen LogP contribution in [0, 0.1) is 0 Å². The summed E-state index contributed by atoms with van der Waals surface area (Å²) in [5.74, 6) is 0. The lowest BCUT2D eigenvalue weighted by molar-refractivity contribution is -0.137. The molecule has 0 aromatic heterocycles. The van der Waals surface area contributed by atoms with Crippen molar-refractivity contribution in [2.24, 2.45) is 5.73 Å². The van der Waals surface area contributed by atoms with Gasteiger partial charge in [-0.15, -0.1) is 0 Å². The largest absolute Gasteiger partial charge is 0.418 e. The van der Waals surface area contributed by atoms with Gasteiger partial charge in [0, 0.05) is 25.3 Å². The number of alkyl halides is 3. The maximum absolute atomic E-state index is 13.1. The smallest absolute Gasteiger partial charge is 0.371 e. The van der Waals surface area contributed by atoms with Crippen molar-refractivity contribution >= 4 is 5.69 Å². The van der Waals surface area contributed by atoms with E-state index in [-0.39, 0.29) is 18.3 Å². The quantitative estimate of drug-likeness (QED) is 0.885. The average molecular weight is 274 g/mol. The monoisotopic (exact) mass is 274 g/mol. The first kappa shape index (κ1) is 15.8. The molecule has 1 aromatic carbocycles. The minimum absolute atomic E-state index is 0.102. The van der Waals surface area contributed by atoms with E-state index in [2.05, 4.69) is 0 Å². The molecule has 0 aliphatic rings. The second-order valence-electron chi connectivity index (χ2n) is 4.63. The van der Waals surface area contributed by atoms with E-state index in [0.29, 0.717) is 5.56 Å². The van der Waals surface area contributed by atoms with Gasteiger partial charge in [0.2, 0.25) is 0 Å². The first-order valence-corrected chi connectivity index (χ1v) is 6.48. The lowest BCUT2D eigenvalue weighted by atomic mass is 10.0. The van der Waals surface area contributed by atoms with Crippen LogP contribution in [0.2, 0.25) is 0 Å². The number of hydrogen-bond donors (Lipinski definition) is 1. The minimum atomic E-state index is -4.36. The fourth-order valence-electron chi connectivity index (χ4n) is 2.28. The van der Waals surface area contributed by atoms with Crippen LogP contribution in [0.3, 0.4) is 0 Å². The summed E-state index contributed by atoms with van der Waals surface area (Å²) in [6.45, 7) is 4.07. The Morgan fingerprint density at radius 2 is 1.79 bits per heavy atom. The molecule has 1 rings (SSSR count). The molecule has 0 saturated carbocycles. The van der Waals surface area contributed by atoms with Gasteiger partial charge < -0.3 is 10.6 Å². The van der Waals surface area contributed by atoms with Gasteiger partial charge in [-0.3, -0.25) is 0 Å². The van der Waals surface area contributed by atoms with Crippen LogP contribution in [0.15, 0.2) is 18.2 Å². The van der Waals surface area contributed by atoms with Gasteiger partial charge in [0.05, 0.1) is 5.56 Å². The summed E-state index contributed by atoms with van der Waals surface area (Å²) in [5, 5.41) is 0. The molecule has 5 heteroatoms. The summed E-state index contributed by atoms with van der Waals surface area (Å²) >= 11 is 0. The van der Waals surface area contributed by atoms with Crippen LogP contribution in [0.1, 0.15) is 37.8 Å². The van der Waals surface area contributed by atoms with E-state index in [1.807, 2.05) is 13.8 Å². The third kappa shape index (κ3) is 3.62. The molecular weight excluding hydrogens is 253 g/mol. The summed E-state index contributed by atoms with van der Waals surface area (Å²) in [7, 11) is 1.71. The van der Waals surface area contributed by atoms with Crippen LogP contribution >= 0.6 is 0 Å². The summed E-state index contributed by atoms with van der Waals surface area (Å²) in [6, 6.07) is 4.42. The maximum atomic E-state index is 13.1. The Morgan fingerprint density at radius 3 is 2.21 bits per heavy atom. The Labute approximate surface area is 112 Å². The second-order valence-corrected chi connectivity index (χ2v) is 4.63. The number of nitrogens with zero attached hydrogens (tertiary/aromatic N) is 1. The molecular formula is C14H21F3N2. The van der Waals surface area contributed by atoms with E-state index in [4.69, 9.17) is 5.73 Å². The predicted octanol–water partition coefficient (Wildman–Crippen LogP) is 3.79. The molecule has 0 aliphatic heterocycles. The van der Waals surface area contributed by atoms with Crippen molar-refractivity contribution < 1.29 is 13.2 Å². The van der Waals surface area contributed by atoms with E-state index in [1.165, 1.54) is 6.07 Å². The standard InChI is InChI=1S/C14H21F3N2/c1-4-11(5-2)19(3)13-7-6-10(9-18)8-12(13)14(15,16)17/h6-8,11H,4-5,9,18H2,1-3H3. The summed E-state index contributed by atoms with van der Waals surface area (Å²) in [4.78, 5) is 1.71. The van der Waals surface area contributed by atoms with Gasteiger partial charge in [0.25, 0.3) is 0 Å². The van der Waals surface area contributed by atoms with Crippen molar-refractivity contribution in [2.45, 2.75) is 45.5 Å². The molecule has 2 nitrogen and oxygen atoms in total. The van der Waals surface area contributed by atoms with Crippen molar-refractivity contribution in [3.63, 3.8) is 0 Å². The molecule has 0 amide bonds. The van der Waals surface area contributed by atoms with Crippen molar-refractivity contribution in [2.75, 3.05) is 11.9 Å². The Bertz CT molecular complexity index is 412. The lowest BCUT2D eigenvalue weighted by Crippen LogP contribution is -2.32. The highest BCUT2D eigenvalue weighted by Gasteiger charge is 2.35. The van der Waals surface area contributed by atoms with Gasteiger partial charge in [-0.1, -0.05) is 19.9 Å². The van der Waals surface area contributed by atoms with Crippen molar-refractivity contribution in [3.8, 4) is 0 Å². The van der Waals surface area contributed by atoms with Gasteiger partial charge in [-0.25, -0.2) is 0 Å². The van der Waals surface area contributed by atoms with Crippen molar-refractivity contribution in [1.29, 1.82) is 0 Å². The first-order valence-electron chi connectivity index (χ1n) is 6.48. The van der Waals surface area contributed by atoms with Gasteiger partial charge in [0.1, 0.15) is 0 Å². The van der Waals surface area contributed by atoms with E-state index >= 15 is 0 Å². The number of rotatable bonds is 5. The number of nitrogens with two attached hydrogens (primary N) is 1. The molecule has 19 heavy (non-hydrogen) atoms. The van der Waals surface area contributed by atoms with E-state index in [9.17, 15) is 13.2 Å². The van der Waals surface area contributed by atoms with Gasteiger partial charge in [0.15, 0.2) is 0 Å². The molecule has 0 radical (unpaired) electrons. The highest BCUT2D eigenvalue weighted by Crippen LogP contribution is 2.37. The zero-order chi connectivity index (χ0) is 14.6. The molecule has 0 fully saturated rings. The molecule has 0 spiro atoms. The van der Waals surface area contributed by atoms with E-state index in [1.54, 1.807) is 18.0 Å². The van der Waals surface area contributed by atoms with E-state index < -0.39 is 11.7 Å². The zero-order valence-corrected chi connectivity index (χ0v) is 11.6. The van der Waals surface area contributed by atoms with Crippen LogP contribution in [-0.2, 0) is 12.7 Å². The molecule has 0 heterocycles. The highest BCUT2D eigenvalue weighted by atomic mass is 19.4. The van der Waals surface area contributed by atoms with Crippen molar-refractivity contribution in [3.05, 3.63) is 29.3 Å². The van der Waals surface area contributed by atoms with Crippen LogP contribution in [0.5, 0.6) is 0 Å². The number of benzene rings is 1. The number of halogens is 3. The molecule has 0 saturated heterocycles. The number of hydrogen-bond acceptors (Lipinski definition) is 2. The summed E-state index contributed by atoms with van der Waals surface area (Å²) < 4.78 is 39.4. The molecule has 0 atom stereocenters. The molecule has 0 bridgehead atoms. The molecule has 1 aromatic rings. The predicted molar refractivity (Wildman–Crippen MR) is 72.1 cm³/mol. The lowest BCUT2D eigenvalue weighted by Gasteiger charge is -2.31. The fourth-order valence-corrected chi connectivity index (χ4v) is 2.28. The second kappa shape index (κ2) is 6.28. The Hall–Kier alpha value is -1.23. The molecule has 0 aliphatic carbocycles. The zero-order valence-electron chi connectivity index (χ0n) is 11.6. The van der Waals surface area contributed by atoms with Crippen LogP contribution in [0.4, 0.5) is 18.9 Å². The highest BCUT2D eigenvalue weighted by molar-refractivity contribution is 5.56. The summed E-state index contributed by atoms with van der Waals surface area (Å²) in [6.07, 6.45) is -2.74. The topological polar surface area (TPSA) is 29.3 Å². The Kier molecular flexibility index (Phi) is 5.23. The van der Waals surface area contributed by atoms with E-state index in [0.717, 1.165) is 18.9 Å². The van der Waals surface area contributed by atoms with Crippen LogP contribution < -0.4 is 10.6 Å². The van der Waals surface area contributed by atoms with Crippen LogP contribution in [0.25, 0.3) is 0 Å². The Balaban J connectivity index is 3.26. The summed E-state index contributed by atoms with van der Waals surface area (Å²) in [5.41, 5.74) is 5.53. The molecule has 0 unspecified atom stereocenters. The maximum Gasteiger partial charge on any atom is 0.418 e.